The molecule has 2 aromatic rings. The number of phenols is 1. The molecule has 0 radical (unpaired) electrons. The average Bonchev–Trinajstić information content (AvgIpc) is 2.47. The van der Waals surface area contributed by atoms with Gasteiger partial charge in [0.15, 0.2) is 0 Å². The minimum atomic E-state index is -0.458. The number of phenolic OH excluding ortho intramolecular Hbond substituents is 1. The molecule has 0 aliphatic carbocycles. The van der Waals surface area contributed by atoms with Crippen molar-refractivity contribution in [2.75, 3.05) is 7.05 Å². The molecule has 3 nitrogen and oxygen atoms in total. The van der Waals surface area contributed by atoms with Crippen molar-refractivity contribution in [2.45, 2.75) is 19.4 Å². The second-order valence-electron chi connectivity index (χ2n) is 5.31. The quantitative estimate of drug-likeness (QED) is 0.927. The van der Waals surface area contributed by atoms with Crippen molar-refractivity contribution < 1.29 is 9.90 Å². The van der Waals surface area contributed by atoms with Gasteiger partial charge in [-0.25, -0.2) is 0 Å². The Morgan fingerprint density at radius 1 is 1.00 bits per heavy atom. The van der Waals surface area contributed by atoms with Gasteiger partial charge in [-0.1, -0.05) is 42.5 Å². The summed E-state index contributed by atoms with van der Waals surface area (Å²) in [4.78, 5) is 14.2. The van der Waals surface area contributed by atoms with E-state index in [4.69, 9.17) is 0 Å². The van der Waals surface area contributed by atoms with Gasteiger partial charge < -0.3 is 10.0 Å². The van der Waals surface area contributed by atoms with Gasteiger partial charge in [0, 0.05) is 7.05 Å². The van der Waals surface area contributed by atoms with E-state index in [1.165, 1.54) is 6.07 Å². The van der Waals surface area contributed by atoms with Crippen LogP contribution in [0.1, 0.15) is 29.8 Å². The van der Waals surface area contributed by atoms with Crippen LogP contribution in [0.3, 0.4) is 0 Å². The van der Waals surface area contributed by atoms with Crippen LogP contribution >= 0.6 is 0 Å². The van der Waals surface area contributed by atoms with Crippen LogP contribution in [-0.2, 0) is 5.54 Å². The number of benzene rings is 2. The minimum Gasteiger partial charge on any atom is -0.507 e. The van der Waals surface area contributed by atoms with Crippen LogP contribution in [-0.4, -0.2) is 23.0 Å². The first-order valence-electron chi connectivity index (χ1n) is 6.56. The minimum absolute atomic E-state index is 0.00760. The molecule has 1 N–H and O–H groups in total. The molecule has 0 spiro atoms. The molecule has 0 saturated heterocycles. The van der Waals surface area contributed by atoms with Crippen molar-refractivity contribution in [1.82, 2.24) is 4.90 Å². The lowest BCUT2D eigenvalue weighted by Gasteiger charge is -2.36. The molecule has 0 aromatic heterocycles. The number of aromatic hydroxyl groups is 1. The average molecular weight is 269 g/mol. The Balaban J connectivity index is 2.34. The molecule has 0 unspecified atom stereocenters. The highest BCUT2D eigenvalue weighted by Crippen LogP contribution is 2.29. The lowest BCUT2D eigenvalue weighted by molar-refractivity contribution is 0.0619. The van der Waals surface area contributed by atoms with E-state index in [9.17, 15) is 9.90 Å². The molecule has 0 bridgehead atoms. The summed E-state index contributed by atoms with van der Waals surface area (Å²) in [6, 6.07) is 16.5. The number of para-hydroxylation sites is 1. The molecular weight excluding hydrogens is 250 g/mol. The Bertz CT molecular complexity index is 605. The summed E-state index contributed by atoms with van der Waals surface area (Å²) in [6.07, 6.45) is 0. The van der Waals surface area contributed by atoms with E-state index in [1.54, 1.807) is 30.1 Å². The van der Waals surface area contributed by atoms with Crippen LogP contribution in [0, 0.1) is 0 Å². The topological polar surface area (TPSA) is 40.5 Å². The van der Waals surface area contributed by atoms with E-state index in [0.717, 1.165) is 5.56 Å². The summed E-state index contributed by atoms with van der Waals surface area (Å²) in [7, 11) is 1.75. The van der Waals surface area contributed by atoms with Gasteiger partial charge in [-0.2, -0.15) is 0 Å². The largest absolute Gasteiger partial charge is 0.507 e. The van der Waals surface area contributed by atoms with Crippen LogP contribution in [0.25, 0.3) is 0 Å². The van der Waals surface area contributed by atoms with Crippen molar-refractivity contribution in [3.8, 4) is 5.75 Å². The Hall–Kier alpha value is -2.29. The van der Waals surface area contributed by atoms with E-state index < -0.39 is 5.54 Å². The molecule has 0 fully saturated rings. The molecule has 0 heterocycles. The number of carbonyl (C=O) groups excluding carboxylic acids is 1. The zero-order valence-corrected chi connectivity index (χ0v) is 12.0. The van der Waals surface area contributed by atoms with E-state index in [2.05, 4.69) is 0 Å². The normalized spacial score (nSPS) is 11.2. The monoisotopic (exact) mass is 269 g/mol. The van der Waals surface area contributed by atoms with Crippen molar-refractivity contribution in [3.63, 3.8) is 0 Å². The van der Waals surface area contributed by atoms with Crippen molar-refractivity contribution in [3.05, 3.63) is 65.7 Å². The van der Waals surface area contributed by atoms with Gasteiger partial charge in [0.05, 0.1) is 11.1 Å². The molecule has 104 valence electrons. The summed E-state index contributed by atoms with van der Waals surface area (Å²) >= 11 is 0. The highest BCUT2D eigenvalue weighted by Gasteiger charge is 2.30. The molecule has 20 heavy (non-hydrogen) atoms. The highest BCUT2D eigenvalue weighted by molar-refractivity contribution is 5.97. The second-order valence-corrected chi connectivity index (χ2v) is 5.31. The number of amides is 1. The number of hydrogen-bond acceptors (Lipinski definition) is 2. The third kappa shape index (κ3) is 2.52. The molecule has 2 rings (SSSR count). The summed E-state index contributed by atoms with van der Waals surface area (Å²) < 4.78 is 0. The zero-order valence-electron chi connectivity index (χ0n) is 12.0. The third-order valence-electron chi connectivity index (χ3n) is 3.76. The fraction of sp³-hybridized carbons (Fsp3) is 0.235. The van der Waals surface area contributed by atoms with E-state index in [-0.39, 0.29) is 11.7 Å². The summed E-state index contributed by atoms with van der Waals surface area (Å²) in [5.74, 6) is -0.190. The van der Waals surface area contributed by atoms with E-state index in [0.29, 0.717) is 5.56 Å². The van der Waals surface area contributed by atoms with Gasteiger partial charge in [-0.15, -0.1) is 0 Å². The Morgan fingerprint density at radius 2 is 1.55 bits per heavy atom. The molecular formula is C17H19NO2. The number of rotatable bonds is 3. The van der Waals surface area contributed by atoms with Gasteiger partial charge in [0.1, 0.15) is 5.75 Å². The summed E-state index contributed by atoms with van der Waals surface area (Å²) in [6.45, 7) is 3.97. The maximum absolute atomic E-state index is 12.6. The second kappa shape index (κ2) is 5.37. The van der Waals surface area contributed by atoms with Crippen LogP contribution in [0.5, 0.6) is 5.75 Å². The van der Waals surface area contributed by atoms with Crippen LogP contribution in [0.15, 0.2) is 54.6 Å². The van der Waals surface area contributed by atoms with Crippen LogP contribution < -0.4 is 0 Å². The lowest BCUT2D eigenvalue weighted by atomic mass is 9.92. The molecule has 0 aliphatic rings. The number of hydrogen-bond donors (Lipinski definition) is 1. The smallest absolute Gasteiger partial charge is 0.258 e. The van der Waals surface area contributed by atoms with Gasteiger partial charge in [0.2, 0.25) is 0 Å². The molecule has 2 aromatic carbocycles. The Labute approximate surface area is 119 Å². The first kappa shape index (κ1) is 14.1. The van der Waals surface area contributed by atoms with E-state index in [1.807, 2.05) is 44.2 Å². The maximum Gasteiger partial charge on any atom is 0.258 e. The Morgan fingerprint density at radius 3 is 2.15 bits per heavy atom. The highest BCUT2D eigenvalue weighted by atomic mass is 16.3. The fourth-order valence-corrected chi connectivity index (χ4v) is 2.13. The molecule has 0 aliphatic heterocycles. The molecule has 1 amide bonds. The van der Waals surface area contributed by atoms with Gasteiger partial charge >= 0.3 is 0 Å². The first-order valence-corrected chi connectivity index (χ1v) is 6.56. The van der Waals surface area contributed by atoms with E-state index >= 15 is 0 Å². The van der Waals surface area contributed by atoms with Crippen LogP contribution in [0.2, 0.25) is 0 Å². The predicted octanol–water partition coefficient (Wildman–Crippen LogP) is 3.40. The molecule has 3 heteroatoms. The van der Waals surface area contributed by atoms with Crippen molar-refractivity contribution in [1.29, 1.82) is 0 Å². The Kier molecular flexibility index (Phi) is 3.79. The number of carbonyl (C=O) groups is 1. The van der Waals surface area contributed by atoms with Crippen molar-refractivity contribution in [2.24, 2.45) is 0 Å². The molecule has 0 saturated carbocycles. The summed E-state index contributed by atoms with van der Waals surface area (Å²) in [5.41, 5.74) is 0.908. The summed E-state index contributed by atoms with van der Waals surface area (Å²) in [5, 5.41) is 9.82. The predicted molar refractivity (Wildman–Crippen MR) is 79.7 cm³/mol. The van der Waals surface area contributed by atoms with Crippen LogP contribution in [0.4, 0.5) is 0 Å². The SMILES string of the molecule is CN(C(=O)c1ccccc1O)C(C)(C)c1ccccc1. The number of nitrogens with zero attached hydrogens (tertiary/aromatic N) is 1. The van der Waals surface area contributed by atoms with Crippen molar-refractivity contribution >= 4 is 5.91 Å². The van der Waals surface area contributed by atoms with Gasteiger partial charge in [0.25, 0.3) is 5.91 Å². The van der Waals surface area contributed by atoms with Gasteiger partial charge in [-0.3, -0.25) is 4.79 Å². The maximum atomic E-state index is 12.6. The first-order chi connectivity index (χ1) is 9.44. The van der Waals surface area contributed by atoms with Gasteiger partial charge in [-0.05, 0) is 31.5 Å². The standard InChI is InChI=1S/C17H19NO2/c1-17(2,13-9-5-4-6-10-13)18(3)16(20)14-11-7-8-12-15(14)19/h4-12,19H,1-3H3. The fourth-order valence-electron chi connectivity index (χ4n) is 2.13. The third-order valence-corrected chi connectivity index (χ3v) is 3.76. The lowest BCUT2D eigenvalue weighted by Crippen LogP contribution is -2.42. The molecule has 0 atom stereocenters. The zero-order chi connectivity index (χ0) is 14.8.